The van der Waals surface area contributed by atoms with Gasteiger partial charge in [0.25, 0.3) is 5.91 Å². The van der Waals surface area contributed by atoms with Crippen molar-refractivity contribution in [2.24, 2.45) is 0 Å². The zero-order chi connectivity index (χ0) is 16.7. The average molecular weight is 339 g/mol. The molecule has 0 unspecified atom stereocenters. The molecule has 1 amide bonds. The Morgan fingerprint density at radius 1 is 1.38 bits per heavy atom. The standard InChI is InChI=1S/C19H21N3OS/c1-12-13(2)21-17-6-5-14(10-16(12)17)19(23)22-8-3-4-15(11-22)18-20-7-9-24-18/h5-7,9-10,15,21H,3-4,8,11H2,1-2H3/t15-/m0/s1. The number of amides is 1. The molecule has 3 heterocycles. The van der Waals surface area contributed by atoms with Gasteiger partial charge in [-0.05, 0) is 50.5 Å². The molecule has 1 fully saturated rings. The Hall–Kier alpha value is -2.14. The van der Waals surface area contributed by atoms with Gasteiger partial charge in [0.1, 0.15) is 0 Å². The van der Waals surface area contributed by atoms with Crippen molar-refractivity contribution in [3.8, 4) is 0 Å². The van der Waals surface area contributed by atoms with Gasteiger partial charge >= 0.3 is 0 Å². The van der Waals surface area contributed by atoms with Gasteiger partial charge in [-0.15, -0.1) is 11.3 Å². The minimum Gasteiger partial charge on any atom is -0.358 e. The summed E-state index contributed by atoms with van der Waals surface area (Å²) in [7, 11) is 0. The molecule has 2 aromatic heterocycles. The number of nitrogens with zero attached hydrogens (tertiary/aromatic N) is 2. The average Bonchev–Trinajstić information content (AvgIpc) is 3.24. The molecule has 1 atom stereocenters. The van der Waals surface area contributed by atoms with Crippen LogP contribution >= 0.6 is 11.3 Å². The number of rotatable bonds is 2. The Bertz CT molecular complexity index is 882. The lowest BCUT2D eigenvalue weighted by Gasteiger charge is -2.32. The number of hydrogen-bond acceptors (Lipinski definition) is 3. The van der Waals surface area contributed by atoms with E-state index in [1.165, 1.54) is 5.56 Å². The van der Waals surface area contributed by atoms with E-state index in [1.54, 1.807) is 11.3 Å². The molecule has 1 aliphatic rings. The maximum absolute atomic E-state index is 13.0. The number of hydrogen-bond donors (Lipinski definition) is 1. The molecule has 4 rings (SSSR count). The van der Waals surface area contributed by atoms with Gasteiger partial charge in [0.2, 0.25) is 0 Å². The Morgan fingerprint density at radius 3 is 3.04 bits per heavy atom. The van der Waals surface area contributed by atoms with Crippen LogP contribution in [0.3, 0.4) is 0 Å². The molecule has 4 nitrogen and oxygen atoms in total. The second-order valence-corrected chi connectivity index (χ2v) is 7.52. The number of nitrogens with one attached hydrogen (secondary N) is 1. The van der Waals surface area contributed by atoms with E-state index in [1.807, 2.05) is 34.7 Å². The number of H-pyrrole nitrogens is 1. The van der Waals surface area contributed by atoms with Gasteiger partial charge in [0.05, 0.1) is 5.01 Å². The summed E-state index contributed by atoms with van der Waals surface area (Å²) in [5.41, 5.74) is 4.26. The molecule has 0 saturated carbocycles. The van der Waals surface area contributed by atoms with Crippen molar-refractivity contribution in [1.82, 2.24) is 14.9 Å². The largest absolute Gasteiger partial charge is 0.358 e. The molecule has 0 bridgehead atoms. The molecule has 1 aliphatic heterocycles. The summed E-state index contributed by atoms with van der Waals surface area (Å²) in [6.07, 6.45) is 4.01. The first-order chi connectivity index (χ1) is 11.6. The molecule has 24 heavy (non-hydrogen) atoms. The lowest BCUT2D eigenvalue weighted by atomic mass is 9.97. The Kier molecular flexibility index (Phi) is 3.88. The van der Waals surface area contributed by atoms with Crippen molar-refractivity contribution in [2.75, 3.05) is 13.1 Å². The maximum atomic E-state index is 13.0. The van der Waals surface area contributed by atoms with Crippen molar-refractivity contribution in [3.63, 3.8) is 0 Å². The van der Waals surface area contributed by atoms with Crippen molar-refractivity contribution in [2.45, 2.75) is 32.6 Å². The van der Waals surface area contributed by atoms with Crippen LogP contribution in [0.25, 0.3) is 10.9 Å². The molecule has 0 aliphatic carbocycles. The van der Waals surface area contributed by atoms with E-state index in [0.717, 1.165) is 53.1 Å². The first kappa shape index (κ1) is 15.4. The fraction of sp³-hybridized carbons (Fsp3) is 0.368. The summed E-state index contributed by atoms with van der Waals surface area (Å²) < 4.78 is 0. The first-order valence-electron chi connectivity index (χ1n) is 8.41. The second kappa shape index (κ2) is 6.06. The van der Waals surface area contributed by atoms with E-state index in [0.29, 0.717) is 5.92 Å². The van der Waals surface area contributed by atoms with Gasteiger partial charge in [-0.2, -0.15) is 0 Å². The molecule has 0 radical (unpaired) electrons. The lowest BCUT2D eigenvalue weighted by Crippen LogP contribution is -2.39. The van der Waals surface area contributed by atoms with Crippen LogP contribution in [0, 0.1) is 13.8 Å². The van der Waals surface area contributed by atoms with Crippen LogP contribution in [0.1, 0.15) is 45.4 Å². The molecule has 3 aromatic rings. The summed E-state index contributed by atoms with van der Waals surface area (Å²) in [6, 6.07) is 5.99. The number of piperidine rings is 1. The number of fused-ring (bicyclic) bond motifs is 1. The van der Waals surface area contributed by atoms with E-state index >= 15 is 0 Å². The molecule has 1 N–H and O–H groups in total. The molecule has 5 heteroatoms. The predicted molar refractivity (Wildman–Crippen MR) is 97.8 cm³/mol. The van der Waals surface area contributed by atoms with E-state index in [2.05, 4.69) is 23.8 Å². The summed E-state index contributed by atoms with van der Waals surface area (Å²) in [5.74, 6) is 0.513. The summed E-state index contributed by atoms with van der Waals surface area (Å²) in [4.78, 5) is 22.8. The highest BCUT2D eigenvalue weighted by atomic mass is 32.1. The van der Waals surface area contributed by atoms with E-state index in [4.69, 9.17) is 0 Å². The minimum atomic E-state index is 0.136. The van der Waals surface area contributed by atoms with Crippen molar-refractivity contribution < 1.29 is 4.79 Å². The highest BCUT2D eigenvalue weighted by Crippen LogP contribution is 2.29. The number of aromatic nitrogens is 2. The lowest BCUT2D eigenvalue weighted by molar-refractivity contribution is 0.0707. The van der Waals surface area contributed by atoms with Crippen LogP contribution in [-0.4, -0.2) is 33.9 Å². The maximum Gasteiger partial charge on any atom is 0.253 e. The van der Waals surface area contributed by atoms with Crippen LogP contribution in [0.4, 0.5) is 0 Å². The SMILES string of the molecule is Cc1[nH]c2ccc(C(=O)N3CCC[C@H](c4nccs4)C3)cc2c1C. The number of aryl methyl sites for hydroxylation is 2. The van der Waals surface area contributed by atoms with E-state index in [9.17, 15) is 4.79 Å². The van der Waals surface area contributed by atoms with Crippen molar-refractivity contribution in [3.05, 3.63) is 51.6 Å². The highest BCUT2D eigenvalue weighted by Gasteiger charge is 2.27. The molecule has 1 aromatic carbocycles. The zero-order valence-electron chi connectivity index (χ0n) is 14.0. The monoisotopic (exact) mass is 339 g/mol. The van der Waals surface area contributed by atoms with Gasteiger partial charge in [0.15, 0.2) is 0 Å². The summed E-state index contributed by atoms with van der Waals surface area (Å²) >= 11 is 1.69. The van der Waals surface area contributed by atoms with Crippen LogP contribution in [0.2, 0.25) is 0 Å². The van der Waals surface area contributed by atoms with Gasteiger partial charge < -0.3 is 9.88 Å². The number of carbonyl (C=O) groups is 1. The third-order valence-corrected chi connectivity index (χ3v) is 6.00. The Morgan fingerprint density at radius 2 is 2.25 bits per heavy atom. The number of carbonyl (C=O) groups excluding carboxylic acids is 1. The van der Waals surface area contributed by atoms with E-state index < -0.39 is 0 Å². The van der Waals surface area contributed by atoms with Crippen LogP contribution in [0.15, 0.2) is 29.8 Å². The Labute approximate surface area is 145 Å². The molecule has 1 saturated heterocycles. The van der Waals surface area contributed by atoms with Gasteiger partial charge in [-0.25, -0.2) is 4.98 Å². The predicted octanol–water partition coefficient (Wildman–Crippen LogP) is 4.26. The Balaban J connectivity index is 1.59. The smallest absolute Gasteiger partial charge is 0.253 e. The van der Waals surface area contributed by atoms with Gasteiger partial charge in [-0.3, -0.25) is 4.79 Å². The number of likely N-dealkylation sites (tertiary alicyclic amines) is 1. The van der Waals surface area contributed by atoms with Crippen molar-refractivity contribution in [1.29, 1.82) is 0 Å². The van der Waals surface area contributed by atoms with Gasteiger partial charge in [-0.1, -0.05) is 0 Å². The second-order valence-electron chi connectivity index (χ2n) is 6.60. The number of thiazole rings is 1. The third kappa shape index (κ3) is 2.63. The fourth-order valence-electron chi connectivity index (χ4n) is 3.58. The molecular weight excluding hydrogens is 318 g/mol. The fourth-order valence-corrected chi connectivity index (χ4v) is 4.34. The number of aromatic amines is 1. The van der Waals surface area contributed by atoms with Crippen LogP contribution in [0.5, 0.6) is 0 Å². The van der Waals surface area contributed by atoms with Crippen LogP contribution < -0.4 is 0 Å². The molecule has 124 valence electrons. The number of benzene rings is 1. The summed E-state index contributed by atoms with van der Waals surface area (Å²) in [5, 5.41) is 4.31. The topological polar surface area (TPSA) is 49.0 Å². The summed E-state index contributed by atoms with van der Waals surface area (Å²) in [6.45, 7) is 5.78. The third-order valence-electron chi connectivity index (χ3n) is 5.06. The zero-order valence-corrected chi connectivity index (χ0v) is 14.8. The molecular formula is C19H21N3OS. The quantitative estimate of drug-likeness (QED) is 0.758. The van der Waals surface area contributed by atoms with Gasteiger partial charge in [0, 0.05) is 52.7 Å². The normalized spacial score (nSPS) is 18.2. The van der Waals surface area contributed by atoms with E-state index in [-0.39, 0.29) is 5.91 Å². The minimum absolute atomic E-state index is 0.136. The van der Waals surface area contributed by atoms with Crippen molar-refractivity contribution >= 4 is 28.1 Å². The highest BCUT2D eigenvalue weighted by molar-refractivity contribution is 7.09. The van der Waals surface area contributed by atoms with Crippen LogP contribution in [-0.2, 0) is 0 Å². The first-order valence-corrected chi connectivity index (χ1v) is 9.29. The molecule has 0 spiro atoms.